The van der Waals surface area contributed by atoms with Crippen LogP contribution in [-0.4, -0.2) is 48.4 Å². The van der Waals surface area contributed by atoms with Gasteiger partial charge in [0.05, 0.1) is 6.54 Å². The van der Waals surface area contributed by atoms with E-state index in [-0.39, 0.29) is 11.4 Å². The molecule has 2 fully saturated rings. The first-order chi connectivity index (χ1) is 12.3. The normalized spacial score (nSPS) is 21.3. The third-order valence-corrected chi connectivity index (χ3v) is 5.47. The molecule has 5 nitrogen and oxygen atoms in total. The Kier molecular flexibility index (Phi) is 4.83. The van der Waals surface area contributed by atoms with E-state index in [9.17, 15) is 4.39 Å². The fourth-order valence-corrected chi connectivity index (χ4v) is 3.95. The molecule has 1 spiro atoms. The Balaban J connectivity index is 1.52. The summed E-state index contributed by atoms with van der Waals surface area (Å²) >= 11 is 0. The highest BCUT2D eigenvalue weighted by molar-refractivity contribution is 5.58. The molecule has 0 saturated carbocycles. The number of benzene rings is 1. The largest absolute Gasteiger partial charge is 0.381 e. The van der Waals surface area contributed by atoms with Crippen molar-refractivity contribution in [1.82, 2.24) is 15.4 Å². The molecule has 1 N–H and O–H groups in total. The second-order valence-corrected chi connectivity index (χ2v) is 6.94. The highest BCUT2D eigenvalue weighted by Crippen LogP contribution is 2.33. The van der Waals surface area contributed by atoms with Crippen molar-refractivity contribution in [2.45, 2.75) is 31.3 Å². The maximum Gasteiger partial charge on any atom is 0.151 e. The lowest BCUT2D eigenvalue weighted by Crippen LogP contribution is -2.52. The Morgan fingerprint density at radius 2 is 1.92 bits per heavy atom. The number of hydrogen-bond donors (Lipinski definition) is 1. The molecule has 2 aliphatic heterocycles. The fourth-order valence-electron chi connectivity index (χ4n) is 3.95. The summed E-state index contributed by atoms with van der Waals surface area (Å²) in [5.41, 5.74) is 1.81. The topological polar surface area (TPSA) is 50.5 Å². The van der Waals surface area contributed by atoms with E-state index >= 15 is 0 Å². The van der Waals surface area contributed by atoms with E-state index < -0.39 is 0 Å². The van der Waals surface area contributed by atoms with Crippen molar-refractivity contribution in [2.75, 3.05) is 32.8 Å². The van der Waals surface area contributed by atoms with Crippen molar-refractivity contribution >= 4 is 0 Å². The Morgan fingerprint density at radius 3 is 2.72 bits per heavy atom. The van der Waals surface area contributed by atoms with E-state index in [1.165, 1.54) is 12.1 Å². The summed E-state index contributed by atoms with van der Waals surface area (Å²) in [6.07, 6.45) is 3.26. The number of nitrogens with one attached hydrogen (secondary N) is 1. The summed E-state index contributed by atoms with van der Waals surface area (Å²) in [5, 5.41) is 7.68. The Morgan fingerprint density at radius 1 is 1.12 bits per heavy atom. The molecule has 6 heteroatoms. The van der Waals surface area contributed by atoms with Gasteiger partial charge in [-0.15, -0.1) is 0 Å². The summed E-state index contributed by atoms with van der Waals surface area (Å²) in [5.74, 6) is 0.609. The quantitative estimate of drug-likeness (QED) is 0.927. The molecule has 2 aliphatic rings. The molecule has 0 aliphatic carbocycles. The molecule has 0 amide bonds. The zero-order chi connectivity index (χ0) is 17.1. The van der Waals surface area contributed by atoms with Crippen molar-refractivity contribution in [3.8, 4) is 11.3 Å². The molecular formula is C19H24FN3O2. The summed E-state index contributed by atoms with van der Waals surface area (Å²) in [4.78, 5) is 2.53. The van der Waals surface area contributed by atoms with Crippen LogP contribution in [-0.2, 0) is 11.3 Å². The van der Waals surface area contributed by atoms with E-state index in [1.54, 1.807) is 12.1 Å². The molecule has 2 aromatic rings. The second kappa shape index (κ2) is 7.23. The van der Waals surface area contributed by atoms with Crippen molar-refractivity contribution < 1.29 is 13.7 Å². The van der Waals surface area contributed by atoms with E-state index in [2.05, 4.69) is 15.4 Å². The molecule has 4 rings (SSSR count). The molecule has 134 valence electrons. The molecule has 0 atom stereocenters. The summed E-state index contributed by atoms with van der Waals surface area (Å²) < 4.78 is 24.3. The Labute approximate surface area is 147 Å². The van der Waals surface area contributed by atoms with Crippen LogP contribution in [0.3, 0.4) is 0 Å². The van der Waals surface area contributed by atoms with Gasteiger partial charge in [0.15, 0.2) is 5.76 Å². The number of aromatic nitrogens is 1. The zero-order valence-electron chi connectivity index (χ0n) is 14.3. The van der Waals surface area contributed by atoms with Crippen LogP contribution in [0.2, 0.25) is 0 Å². The first-order valence-electron chi connectivity index (χ1n) is 9.00. The minimum Gasteiger partial charge on any atom is -0.381 e. The van der Waals surface area contributed by atoms with Gasteiger partial charge in [-0.25, -0.2) is 4.39 Å². The highest BCUT2D eigenvalue weighted by atomic mass is 19.1. The second-order valence-electron chi connectivity index (χ2n) is 6.94. The van der Waals surface area contributed by atoms with E-state index in [4.69, 9.17) is 9.26 Å². The molecular weight excluding hydrogens is 321 g/mol. The molecule has 25 heavy (non-hydrogen) atoms. The minimum atomic E-state index is -0.244. The lowest BCUT2D eigenvalue weighted by molar-refractivity contribution is -0.0336. The number of rotatable bonds is 3. The van der Waals surface area contributed by atoms with E-state index in [0.717, 1.165) is 75.7 Å². The monoisotopic (exact) mass is 345 g/mol. The predicted molar refractivity (Wildman–Crippen MR) is 92.6 cm³/mol. The SMILES string of the molecule is Fc1ccc(-c2cc(CN3CCNCCC34CCOCC4)on2)cc1. The van der Waals surface area contributed by atoms with Gasteiger partial charge >= 0.3 is 0 Å². The molecule has 3 heterocycles. The van der Waals surface area contributed by atoms with Gasteiger partial charge < -0.3 is 14.6 Å². The molecule has 1 aromatic heterocycles. The Bertz CT molecular complexity index is 695. The number of nitrogens with zero attached hydrogens (tertiary/aromatic N) is 2. The van der Waals surface area contributed by atoms with Crippen LogP contribution in [0.5, 0.6) is 0 Å². The van der Waals surface area contributed by atoms with Crippen LogP contribution >= 0.6 is 0 Å². The fraction of sp³-hybridized carbons (Fsp3) is 0.526. The van der Waals surface area contributed by atoms with E-state index in [0.29, 0.717) is 0 Å². The first kappa shape index (κ1) is 16.7. The predicted octanol–water partition coefficient (Wildman–Crippen LogP) is 2.83. The van der Waals surface area contributed by atoms with Gasteiger partial charge in [0.1, 0.15) is 11.5 Å². The van der Waals surface area contributed by atoms with Gasteiger partial charge in [-0.3, -0.25) is 4.90 Å². The summed E-state index contributed by atoms with van der Waals surface area (Å²) in [7, 11) is 0. The average molecular weight is 345 g/mol. The summed E-state index contributed by atoms with van der Waals surface area (Å²) in [6.45, 7) is 5.43. The van der Waals surface area contributed by atoms with Crippen LogP contribution in [0, 0.1) is 5.82 Å². The smallest absolute Gasteiger partial charge is 0.151 e. The van der Waals surface area contributed by atoms with Gasteiger partial charge in [-0.2, -0.15) is 0 Å². The van der Waals surface area contributed by atoms with Crippen molar-refractivity contribution in [3.63, 3.8) is 0 Å². The lowest BCUT2D eigenvalue weighted by Gasteiger charge is -2.45. The maximum atomic E-state index is 13.1. The van der Waals surface area contributed by atoms with Crippen LogP contribution in [0.4, 0.5) is 4.39 Å². The maximum absolute atomic E-state index is 13.1. The van der Waals surface area contributed by atoms with Gasteiger partial charge in [-0.05, 0) is 50.1 Å². The van der Waals surface area contributed by atoms with Gasteiger partial charge in [0.2, 0.25) is 0 Å². The van der Waals surface area contributed by atoms with Crippen molar-refractivity contribution in [1.29, 1.82) is 0 Å². The van der Waals surface area contributed by atoms with Crippen molar-refractivity contribution in [3.05, 3.63) is 41.9 Å². The van der Waals surface area contributed by atoms with Gasteiger partial charge in [-0.1, -0.05) is 5.16 Å². The average Bonchev–Trinajstić information content (AvgIpc) is 3.02. The van der Waals surface area contributed by atoms with Crippen LogP contribution in [0.25, 0.3) is 11.3 Å². The molecule has 1 aromatic carbocycles. The highest BCUT2D eigenvalue weighted by Gasteiger charge is 2.39. The van der Waals surface area contributed by atoms with Gasteiger partial charge in [0.25, 0.3) is 0 Å². The molecule has 0 radical (unpaired) electrons. The molecule has 0 bridgehead atoms. The number of halogens is 1. The van der Waals surface area contributed by atoms with Crippen LogP contribution < -0.4 is 5.32 Å². The Hall–Kier alpha value is -1.76. The zero-order valence-corrected chi connectivity index (χ0v) is 14.3. The molecule has 0 unspecified atom stereocenters. The van der Waals surface area contributed by atoms with Crippen LogP contribution in [0.1, 0.15) is 25.0 Å². The van der Waals surface area contributed by atoms with Gasteiger partial charge in [0, 0.05) is 43.5 Å². The number of ether oxygens (including phenoxy) is 1. The minimum absolute atomic E-state index is 0.185. The third-order valence-electron chi connectivity index (χ3n) is 5.47. The summed E-state index contributed by atoms with van der Waals surface area (Å²) in [6, 6.07) is 8.32. The van der Waals surface area contributed by atoms with E-state index in [1.807, 2.05) is 6.07 Å². The standard InChI is InChI=1S/C19H24FN3O2/c20-16-3-1-15(2-4-16)18-13-17(25-22-18)14-23-10-9-21-8-5-19(23)6-11-24-12-7-19/h1-4,13,21H,5-12,14H2. The number of hydrogen-bond acceptors (Lipinski definition) is 5. The van der Waals surface area contributed by atoms with Crippen LogP contribution in [0.15, 0.2) is 34.9 Å². The molecule has 2 saturated heterocycles. The van der Waals surface area contributed by atoms with Crippen molar-refractivity contribution in [2.24, 2.45) is 0 Å². The third kappa shape index (κ3) is 3.61. The first-order valence-corrected chi connectivity index (χ1v) is 9.00. The lowest BCUT2D eigenvalue weighted by atomic mass is 9.84.